The van der Waals surface area contributed by atoms with Gasteiger partial charge in [0.15, 0.2) is 0 Å². The van der Waals surface area contributed by atoms with E-state index in [0.29, 0.717) is 31.5 Å². The van der Waals surface area contributed by atoms with Crippen LogP contribution >= 0.6 is 0 Å². The molecule has 2 amide bonds. The van der Waals surface area contributed by atoms with Gasteiger partial charge in [-0.2, -0.15) is 0 Å². The monoisotopic (exact) mass is 332 g/mol. The van der Waals surface area contributed by atoms with Gasteiger partial charge in [0, 0.05) is 25.6 Å². The summed E-state index contributed by atoms with van der Waals surface area (Å²) in [6.45, 7) is 2.01. The summed E-state index contributed by atoms with van der Waals surface area (Å²) in [5, 5.41) is 0. The van der Waals surface area contributed by atoms with Gasteiger partial charge in [-0.05, 0) is 44.1 Å². The number of primary amides is 1. The average molecular weight is 332 g/mol. The number of amides is 2. The Bertz CT molecular complexity index is 629. The van der Waals surface area contributed by atoms with E-state index in [1.165, 1.54) is 0 Å². The quantitative estimate of drug-likeness (QED) is 0.912. The van der Waals surface area contributed by atoms with Crippen LogP contribution < -0.4 is 5.73 Å². The molecule has 1 aliphatic carbocycles. The molecular weight excluding hydrogens is 308 g/mol. The van der Waals surface area contributed by atoms with Crippen molar-refractivity contribution in [2.45, 2.75) is 44.1 Å². The molecule has 130 valence electrons. The first-order valence-electron chi connectivity index (χ1n) is 8.92. The molecule has 0 unspecified atom stereocenters. The number of hydrogen-bond donors (Lipinski definition) is 1. The van der Waals surface area contributed by atoms with Crippen molar-refractivity contribution in [3.05, 3.63) is 23.7 Å². The van der Waals surface area contributed by atoms with Crippen LogP contribution in [-0.2, 0) is 9.53 Å². The summed E-state index contributed by atoms with van der Waals surface area (Å²) in [6, 6.07) is 1.80. The van der Waals surface area contributed by atoms with Crippen molar-refractivity contribution in [2.75, 3.05) is 19.7 Å². The molecule has 1 aromatic rings. The zero-order valence-corrected chi connectivity index (χ0v) is 13.8. The smallest absolute Gasteiger partial charge is 0.257 e. The molecule has 0 spiro atoms. The molecule has 3 aliphatic rings. The molecule has 2 atom stereocenters. The number of nitrogens with two attached hydrogens (primary N) is 1. The first-order chi connectivity index (χ1) is 11.6. The number of carbonyl (C=O) groups excluding carboxylic acids is 2. The summed E-state index contributed by atoms with van der Waals surface area (Å²) in [5.41, 5.74) is 6.22. The van der Waals surface area contributed by atoms with Crippen molar-refractivity contribution >= 4 is 11.8 Å². The van der Waals surface area contributed by atoms with Crippen molar-refractivity contribution < 1.29 is 18.7 Å². The molecule has 4 rings (SSSR count). The van der Waals surface area contributed by atoms with Crippen molar-refractivity contribution in [3.8, 4) is 0 Å². The maximum Gasteiger partial charge on any atom is 0.257 e. The van der Waals surface area contributed by atoms with E-state index in [2.05, 4.69) is 0 Å². The molecule has 0 aromatic carbocycles. The van der Waals surface area contributed by atoms with E-state index in [1.807, 2.05) is 4.90 Å². The highest BCUT2D eigenvalue weighted by Gasteiger charge is 2.40. The number of likely N-dealkylation sites (tertiary alicyclic amines) is 1. The van der Waals surface area contributed by atoms with Crippen LogP contribution in [0.25, 0.3) is 0 Å². The van der Waals surface area contributed by atoms with E-state index in [-0.39, 0.29) is 23.8 Å². The van der Waals surface area contributed by atoms with Gasteiger partial charge >= 0.3 is 0 Å². The lowest BCUT2D eigenvalue weighted by Crippen LogP contribution is -2.44. The summed E-state index contributed by atoms with van der Waals surface area (Å²) in [5.74, 6) is 1.23. The number of ether oxygens (including phenoxy) is 1. The zero-order valence-electron chi connectivity index (χ0n) is 13.8. The molecule has 3 heterocycles. The fourth-order valence-corrected chi connectivity index (χ4v) is 4.14. The Morgan fingerprint density at radius 1 is 1.12 bits per heavy atom. The Morgan fingerprint density at radius 2 is 1.88 bits per heavy atom. The van der Waals surface area contributed by atoms with Gasteiger partial charge in [0.25, 0.3) is 5.91 Å². The van der Waals surface area contributed by atoms with Crippen LogP contribution in [0.3, 0.4) is 0 Å². The second kappa shape index (κ2) is 6.24. The van der Waals surface area contributed by atoms with Crippen LogP contribution in [0.4, 0.5) is 0 Å². The van der Waals surface area contributed by atoms with Crippen LogP contribution in [0.2, 0.25) is 0 Å². The van der Waals surface area contributed by atoms with Gasteiger partial charge in [-0.1, -0.05) is 0 Å². The molecule has 1 aromatic heterocycles. The Hall–Kier alpha value is -1.82. The first-order valence-corrected chi connectivity index (χ1v) is 8.92. The molecule has 2 N–H and O–H groups in total. The van der Waals surface area contributed by atoms with Gasteiger partial charge in [0.1, 0.15) is 5.76 Å². The van der Waals surface area contributed by atoms with Gasteiger partial charge in [-0.25, -0.2) is 0 Å². The normalized spacial score (nSPS) is 28.2. The standard InChI is InChI=1S/C18H24N2O4/c19-17(21)13-5-9-23-15(13)12-3-7-20(8-4-12)18(22)14-6-10-24-16(14)11-1-2-11/h6,10-13,15H,1-5,7-9H2,(H2,19,21)/t13-,15+/m0/s1. The number of piperidine rings is 1. The number of furan rings is 1. The van der Waals surface area contributed by atoms with E-state index in [9.17, 15) is 9.59 Å². The highest BCUT2D eigenvalue weighted by molar-refractivity contribution is 5.95. The van der Waals surface area contributed by atoms with Crippen LogP contribution in [0.15, 0.2) is 16.7 Å². The number of hydrogen-bond acceptors (Lipinski definition) is 4. The SMILES string of the molecule is NC(=O)[C@H]1CCO[C@@H]1C1CCN(C(=O)c2ccoc2C2CC2)CC1. The van der Waals surface area contributed by atoms with Crippen molar-refractivity contribution in [1.82, 2.24) is 4.90 Å². The van der Waals surface area contributed by atoms with Gasteiger partial charge < -0.3 is 19.8 Å². The highest BCUT2D eigenvalue weighted by atomic mass is 16.5. The molecular formula is C18H24N2O4. The van der Waals surface area contributed by atoms with Gasteiger partial charge in [0.05, 0.1) is 23.8 Å². The highest BCUT2D eigenvalue weighted by Crippen LogP contribution is 2.42. The molecule has 0 radical (unpaired) electrons. The lowest BCUT2D eigenvalue weighted by molar-refractivity contribution is -0.124. The predicted molar refractivity (Wildman–Crippen MR) is 86.4 cm³/mol. The number of carbonyl (C=O) groups is 2. The molecule has 2 saturated heterocycles. The van der Waals surface area contributed by atoms with Crippen LogP contribution in [0.1, 0.15) is 54.1 Å². The van der Waals surface area contributed by atoms with Crippen LogP contribution in [-0.4, -0.2) is 42.5 Å². The lowest BCUT2D eigenvalue weighted by Gasteiger charge is -2.35. The summed E-state index contributed by atoms with van der Waals surface area (Å²) in [7, 11) is 0. The Labute approximate surface area is 141 Å². The summed E-state index contributed by atoms with van der Waals surface area (Å²) < 4.78 is 11.3. The van der Waals surface area contributed by atoms with Gasteiger partial charge in [-0.3, -0.25) is 9.59 Å². The summed E-state index contributed by atoms with van der Waals surface area (Å²) in [6.07, 6.45) is 6.22. The molecule has 0 bridgehead atoms. The van der Waals surface area contributed by atoms with E-state index in [1.54, 1.807) is 12.3 Å². The van der Waals surface area contributed by atoms with E-state index in [0.717, 1.165) is 43.4 Å². The molecule has 1 saturated carbocycles. The Morgan fingerprint density at radius 3 is 2.54 bits per heavy atom. The van der Waals surface area contributed by atoms with Gasteiger partial charge in [0.2, 0.25) is 5.91 Å². The van der Waals surface area contributed by atoms with Crippen molar-refractivity contribution in [1.29, 1.82) is 0 Å². The second-order valence-electron chi connectivity index (χ2n) is 7.24. The molecule has 3 fully saturated rings. The largest absolute Gasteiger partial charge is 0.468 e. The topological polar surface area (TPSA) is 85.8 Å². The minimum Gasteiger partial charge on any atom is -0.468 e. The average Bonchev–Trinajstić information content (AvgIpc) is 3.13. The molecule has 24 heavy (non-hydrogen) atoms. The maximum atomic E-state index is 12.8. The third-order valence-corrected chi connectivity index (χ3v) is 5.67. The molecule has 2 aliphatic heterocycles. The van der Waals surface area contributed by atoms with E-state index >= 15 is 0 Å². The molecule has 6 nitrogen and oxygen atoms in total. The van der Waals surface area contributed by atoms with Crippen LogP contribution in [0.5, 0.6) is 0 Å². The lowest BCUT2D eigenvalue weighted by atomic mass is 9.84. The summed E-state index contributed by atoms with van der Waals surface area (Å²) in [4.78, 5) is 26.2. The van der Waals surface area contributed by atoms with E-state index < -0.39 is 0 Å². The third-order valence-electron chi connectivity index (χ3n) is 5.67. The minimum atomic E-state index is -0.261. The fourth-order valence-electron chi connectivity index (χ4n) is 4.14. The first kappa shape index (κ1) is 15.7. The van der Waals surface area contributed by atoms with Crippen molar-refractivity contribution in [3.63, 3.8) is 0 Å². The van der Waals surface area contributed by atoms with Crippen LogP contribution in [0, 0.1) is 11.8 Å². The third kappa shape index (κ3) is 2.83. The zero-order chi connectivity index (χ0) is 16.7. The Balaban J connectivity index is 1.38. The second-order valence-corrected chi connectivity index (χ2v) is 7.24. The summed E-state index contributed by atoms with van der Waals surface area (Å²) >= 11 is 0. The molecule has 6 heteroatoms. The minimum absolute atomic E-state index is 0.0721. The maximum absolute atomic E-state index is 12.8. The Kier molecular flexibility index (Phi) is 4.08. The number of nitrogens with zero attached hydrogens (tertiary/aromatic N) is 1. The van der Waals surface area contributed by atoms with Crippen molar-refractivity contribution in [2.24, 2.45) is 17.6 Å². The number of rotatable bonds is 4. The van der Waals surface area contributed by atoms with E-state index in [4.69, 9.17) is 14.9 Å². The fraction of sp³-hybridized carbons (Fsp3) is 0.667. The van der Waals surface area contributed by atoms with Gasteiger partial charge in [-0.15, -0.1) is 0 Å². The predicted octanol–water partition coefficient (Wildman–Crippen LogP) is 1.90.